The molecule has 0 amide bonds. The van der Waals surface area contributed by atoms with E-state index in [0.29, 0.717) is 17.1 Å². The lowest BCUT2D eigenvalue weighted by Crippen LogP contribution is -2.12. The molecule has 0 aliphatic rings. The Hall–Kier alpha value is -1.10. The van der Waals surface area contributed by atoms with E-state index in [-0.39, 0.29) is 11.9 Å². The van der Waals surface area contributed by atoms with Crippen molar-refractivity contribution in [2.24, 2.45) is 7.05 Å². The van der Waals surface area contributed by atoms with Gasteiger partial charge in [0, 0.05) is 7.05 Å². The first-order chi connectivity index (χ1) is 6.99. The molecule has 84 valence electrons. The number of imidazole rings is 1. The fourth-order valence-electron chi connectivity index (χ4n) is 1.40. The zero-order valence-corrected chi connectivity index (χ0v) is 10.3. The molecule has 0 aromatic carbocycles. The summed E-state index contributed by atoms with van der Waals surface area (Å²) in [4.78, 5) is 14.7. The summed E-state index contributed by atoms with van der Waals surface area (Å²) in [5.41, 5.74) is 1.36. The Labute approximate surface area is 94.3 Å². The van der Waals surface area contributed by atoms with Gasteiger partial charge >= 0.3 is 5.97 Å². The molecule has 1 heterocycles. The van der Waals surface area contributed by atoms with Crippen LogP contribution in [0.25, 0.3) is 0 Å². The lowest BCUT2D eigenvalue weighted by atomic mass is 10.1. The Bertz CT molecular complexity index is 418. The van der Waals surface area contributed by atoms with E-state index in [9.17, 15) is 4.79 Å². The van der Waals surface area contributed by atoms with Crippen molar-refractivity contribution >= 4 is 18.2 Å². The number of aromatic nitrogens is 2. The molecule has 0 unspecified atom stereocenters. The summed E-state index contributed by atoms with van der Waals surface area (Å²) in [5, 5.41) is 0. The van der Waals surface area contributed by atoms with Crippen molar-refractivity contribution in [1.29, 1.82) is 0 Å². The van der Waals surface area contributed by atoms with Crippen molar-refractivity contribution < 1.29 is 9.53 Å². The van der Waals surface area contributed by atoms with Gasteiger partial charge in [0.15, 0.2) is 4.77 Å². The van der Waals surface area contributed by atoms with Gasteiger partial charge in [0.1, 0.15) is 5.69 Å². The van der Waals surface area contributed by atoms with Gasteiger partial charge in [-0.05, 0) is 25.1 Å². The molecule has 0 atom stereocenters. The van der Waals surface area contributed by atoms with E-state index in [2.05, 4.69) is 4.98 Å². The number of rotatable bonds is 3. The molecular weight excluding hydrogens is 212 g/mol. The van der Waals surface area contributed by atoms with Crippen LogP contribution in [-0.2, 0) is 11.8 Å². The van der Waals surface area contributed by atoms with E-state index in [1.807, 2.05) is 13.8 Å². The number of H-pyrrole nitrogens is 1. The lowest BCUT2D eigenvalue weighted by molar-refractivity contribution is 0.0513. The van der Waals surface area contributed by atoms with Crippen LogP contribution in [-0.4, -0.2) is 22.1 Å². The van der Waals surface area contributed by atoms with E-state index >= 15 is 0 Å². The topological polar surface area (TPSA) is 47.0 Å². The van der Waals surface area contributed by atoms with Gasteiger partial charge < -0.3 is 14.3 Å². The second kappa shape index (κ2) is 4.61. The second-order valence-corrected chi connectivity index (χ2v) is 4.01. The van der Waals surface area contributed by atoms with Crippen molar-refractivity contribution in [3.63, 3.8) is 0 Å². The third-order valence-corrected chi connectivity index (χ3v) is 2.56. The first-order valence-electron chi connectivity index (χ1n) is 4.95. The average Bonchev–Trinajstić information content (AvgIpc) is 2.44. The van der Waals surface area contributed by atoms with E-state index in [4.69, 9.17) is 17.0 Å². The third-order valence-electron chi connectivity index (χ3n) is 2.18. The maximum Gasteiger partial charge on any atom is 0.356 e. The van der Waals surface area contributed by atoms with Gasteiger partial charge in [-0.15, -0.1) is 0 Å². The molecule has 1 rings (SSSR count). The number of ether oxygens (including phenoxy) is 1. The van der Waals surface area contributed by atoms with Crippen LogP contribution in [0.3, 0.4) is 0 Å². The van der Waals surface area contributed by atoms with Gasteiger partial charge in [-0.25, -0.2) is 4.79 Å². The number of nitrogens with zero attached hydrogens (tertiary/aromatic N) is 1. The summed E-state index contributed by atoms with van der Waals surface area (Å²) in [6.45, 7) is 6.16. The highest BCUT2D eigenvalue weighted by Crippen LogP contribution is 2.18. The minimum atomic E-state index is -0.323. The van der Waals surface area contributed by atoms with Crippen LogP contribution in [0.4, 0.5) is 0 Å². The molecule has 0 aliphatic heterocycles. The second-order valence-electron chi connectivity index (χ2n) is 3.63. The number of carbonyl (C=O) groups is 1. The zero-order valence-electron chi connectivity index (χ0n) is 9.46. The molecule has 0 aliphatic carbocycles. The molecule has 1 aromatic heterocycles. The number of aromatic amines is 1. The van der Waals surface area contributed by atoms with E-state index in [1.54, 1.807) is 18.5 Å². The molecule has 0 saturated carbocycles. The van der Waals surface area contributed by atoms with Crippen LogP contribution < -0.4 is 0 Å². The Balaban J connectivity index is 3.25. The van der Waals surface area contributed by atoms with Gasteiger partial charge in [-0.2, -0.15) is 0 Å². The summed E-state index contributed by atoms with van der Waals surface area (Å²) in [5.74, 6) is -0.108. The Kier molecular flexibility index (Phi) is 3.68. The standard InChI is InChI=1S/C10H16N2O2S/c1-5-14-9(13)8-7(6(2)3)11-10(15)12(8)4/h6H,5H2,1-4H3,(H,11,15). The molecule has 0 saturated heterocycles. The first-order valence-corrected chi connectivity index (χ1v) is 5.35. The molecule has 0 bridgehead atoms. The maximum atomic E-state index is 11.7. The minimum absolute atomic E-state index is 0.215. The molecule has 0 spiro atoms. The molecule has 0 fully saturated rings. The van der Waals surface area contributed by atoms with Crippen molar-refractivity contribution in [3.8, 4) is 0 Å². The third kappa shape index (κ3) is 2.28. The molecule has 0 radical (unpaired) electrons. The van der Waals surface area contributed by atoms with Gasteiger partial charge in [0.2, 0.25) is 0 Å². The summed E-state index contributed by atoms with van der Waals surface area (Å²) >= 11 is 5.08. The largest absolute Gasteiger partial charge is 0.461 e. The van der Waals surface area contributed by atoms with Gasteiger partial charge in [0.05, 0.1) is 12.3 Å². The van der Waals surface area contributed by atoms with Crippen LogP contribution >= 0.6 is 12.2 Å². The number of hydrogen-bond donors (Lipinski definition) is 1. The number of esters is 1. The van der Waals surface area contributed by atoms with Crippen LogP contribution in [0.2, 0.25) is 0 Å². The van der Waals surface area contributed by atoms with Gasteiger partial charge in [-0.1, -0.05) is 13.8 Å². The summed E-state index contributed by atoms with van der Waals surface area (Å²) < 4.78 is 7.19. The number of nitrogens with one attached hydrogen (secondary N) is 1. The van der Waals surface area contributed by atoms with Crippen LogP contribution in [0.15, 0.2) is 0 Å². The molecule has 4 nitrogen and oxygen atoms in total. The highest BCUT2D eigenvalue weighted by Gasteiger charge is 2.20. The SMILES string of the molecule is CCOC(=O)c1c(C(C)C)[nH]c(=S)n1C. The molecule has 5 heteroatoms. The van der Waals surface area contributed by atoms with E-state index in [0.717, 1.165) is 5.69 Å². The van der Waals surface area contributed by atoms with Crippen LogP contribution in [0.5, 0.6) is 0 Å². The fourth-order valence-corrected chi connectivity index (χ4v) is 1.61. The normalized spacial score (nSPS) is 10.7. The Morgan fingerprint density at radius 2 is 2.20 bits per heavy atom. The highest BCUT2D eigenvalue weighted by molar-refractivity contribution is 7.71. The van der Waals surface area contributed by atoms with E-state index in [1.165, 1.54) is 0 Å². The molecule has 15 heavy (non-hydrogen) atoms. The van der Waals surface area contributed by atoms with Crippen molar-refractivity contribution in [1.82, 2.24) is 9.55 Å². The Morgan fingerprint density at radius 1 is 1.60 bits per heavy atom. The molecule has 1 aromatic rings. The lowest BCUT2D eigenvalue weighted by Gasteiger charge is -2.07. The minimum Gasteiger partial charge on any atom is -0.461 e. The summed E-state index contributed by atoms with van der Waals surface area (Å²) in [6, 6.07) is 0. The number of carbonyl (C=O) groups excluding carboxylic acids is 1. The smallest absolute Gasteiger partial charge is 0.356 e. The summed E-state index contributed by atoms with van der Waals surface area (Å²) in [6.07, 6.45) is 0. The molecule has 1 N–H and O–H groups in total. The quantitative estimate of drug-likeness (QED) is 0.638. The van der Waals surface area contributed by atoms with Gasteiger partial charge in [0.25, 0.3) is 0 Å². The average molecular weight is 228 g/mol. The molecular formula is C10H16N2O2S. The van der Waals surface area contributed by atoms with Crippen molar-refractivity contribution in [2.75, 3.05) is 6.61 Å². The Morgan fingerprint density at radius 3 is 2.67 bits per heavy atom. The monoisotopic (exact) mass is 228 g/mol. The van der Waals surface area contributed by atoms with Crippen molar-refractivity contribution in [3.05, 3.63) is 16.2 Å². The van der Waals surface area contributed by atoms with Crippen LogP contribution in [0, 0.1) is 4.77 Å². The van der Waals surface area contributed by atoms with Gasteiger partial charge in [-0.3, -0.25) is 0 Å². The number of hydrogen-bond acceptors (Lipinski definition) is 3. The van der Waals surface area contributed by atoms with Crippen molar-refractivity contribution in [2.45, 2.75) is 26.7 Å². The maximum absolute atomic E-state index is 11.7. The summed E-state index contributed by atoms with van der Waals surface area (Å²) in [7, 11) is 1.76. The first kappa shape index (κ1) is 12.0. The van der Waals surface area contributed by atoms with E-state index < -0.39 is 0 Å². The predicted octanol–water partition coefficient (Wildman–Crippen LogP) is 2.38. The zero-order chi connectivity index (χ0) is 11.6. The fraction of sp³-hybridized carbons (Fsp3) is 0.600. The highest BCUT2D eigenvalue weighted by atomic mass is 32.1. The predicted molar refractivity (Wildman–Crippen MR) is 60.6 cm³/mol. The van der Waals surface area contributed by atoms with Crippen LogP contribution in [0.1, 0.15) is 42.9 Å².